The van der Waals surface area contributed by atoms with Gasteiger partial charge in [0.2, 0.25) is 0 Å². The van der Waals surface area contributed by atoms with Crippen LogP contribution in [0.4, 0.5) is 4.39 Å². The fraction of sp³-hybridized carbons (Fsp3) is 0.517. The molecular formula is C29H37FN2O4. The van der Waals surface area contributed by atoms with Crippen molar-refractivity contribution < 1.29 is 23.5 Å². The molecule has 36 heavy (non-hydrogen) atoms. The summed E-state index contributed by atoms with van der Waals surface area (Å²) in [7, 11) is 1.36. The first-order valence-corrected chi connectivity index (χ1v) is 12.9. The molecule has 2 aliphatic heterocycles. The van der Waals surface area contributed by atoms with Crippen molar-refractivity contribution in [1.29, 1.82) is 0 Å². The van der Waals surface area contributed by atoms with Gasteiger partial charge in [-0.2, -0.15) is 0 Å². The Balaban J connectivity index is 1.37. The molecule has 0 aliphatic carbocycles. The minimum absolute atomic E-state index is 0.152. The Bertz CT molecular complexity index is 1040. The van der Waals surface area contributed by atoms with Gasteiger partial charge in [-0.15, -0.1) is 0 Å². The van der Waals surface area contributed by atoms with E-state index in [9.17, 15) is 14.0 Å². The Labute approximate surface area is 213 Å². The summed E-state index contributed by atoms with van der Waals surface area (Å²) >= 11 is 0. The number of alkyl halides is 1. The van der Waals surface area contributed by atoms with Crippen molar-refractivity contribution in [2.24, 2.45) is 5.92 Å². The number of carbonyl (C=O) groups is 2. The van der Waals surface area contributed by atoms with Gasteiger partial charge in [-0.25, -0.2) is 9.18 Å². The molecule has 2 saturated heterocycles. The Hall–Kier alpha value is -2.93. The predicted octanol–water partition coefficient (Wildman–Crippen LogP) is 4.97. The zero-order valence-corrected chi connectivity index (χ0v) is 21.5. The van der Waals surface area contributed by atoms with Gasteiger partial charge in [0, 0.05) is 18.7 Å². The molecule has 0 saturated carbocycles. The molecule has 2 aromatic rings. The summed E-state index contributed by atoms with van der Waals surface area (Å²) in [6, 6.07) is 14.8. The second kappa shape index (κ2) is 11.4. The number of methoxy groups -OCH3 is 1. The zero-order chi connectivity index (χ0) is 25.7. The van der Waals surface area contributed by atoms with E-state index < -0.39 is 11.7 Å². The molecule has 0 spiro atoms. The Morgan fingerprint density at radius 1 is 1.00 bits per heavy atom. The summed E-state index contributed by atoms with van der Waals surface area (Å²) < 4.78 is 24.9. The van der Waals surface area contributed by atoms with Crippen LogP contribution >= 0.6 is 0 Å². The van der Waals surface area contributed by atoms with Crippen molar-refractivity contribution in [3.05, 3.63) is 54.1 Å². The largest absolute Gasteiger partial charge is 0.493 e. The lowest BCUT2D eigenvalue weighted by molar-refractivity contribution is -0.145. The van der Waals surface area contributed by atoms with Crippen molar-refractivity contribution in [3.8, 4) is 16.9 Å². The average Bonchev–Trinajstić information content (AvgIpc) is 3.37. The maximum atomic E-state index is 13.9. The molecule has 0 radical (unpaired) electrons. The maximum Gasteiger partial charge on any atom is 0.328 e. The molecular weight excluding hydrogens is 459 g/mol. The summed E-state index contributed by atoms with van der Waals surface area (Å²) in [5.74, 6) is 0.739. The van der Waals surface area contributed by atoms with E-state index in [1.54, 1.807) is 18.7 Å². The number of piperidine rings is 1. The van der Waals surface area contributed by atoms with Gasteiger partial charge in [-0.1, -0.05) is 30.3 Å². The predicted molar refractivity (Wildman–Crippen MR) is 138 cm³/mol. The van der Waals surface area contributed by atoms with Crippen LogP contribution in [0.2, 0.25) is 0 Å². The Morgan fingerprint density at radius 2 is 1.69 bits per heavy atom. The molecule has 0 N–H and O–H groups in total. The first-order valence-electron chi connectivity index (χ1n) is 12.9. The topological polar surface area (TPSA) is 59.1 Å². The molecule has 4 rings (SSSR count). The number of carbonyl (C=O) groups excluding carboxylic acids is 2. The number of hydrogen-bond donors (Lipinski definition) is 0. The highest BCUT2D eigenvalue weighted by atomic mass is 19.1. The van der Waals surface area contributed by atoms with Crippen LogP contribution in [0.3, 0.4) is 0 Å². The number of ether oxygens (including phenoxy) is 2. The molecule has 2 heterocycles. The first-order chi connectivity index (χ1) is 17.2. The van der Waals surface area contributed by atoms with Crippen LogP contribution in [0.15, 0.2) is 48.5 Å². The summed E-state index contributed by atoms with van der Waals surface area (Å²) in [6.45, 7) is 6.73. The molecule has 2 aliphatic rings. The van der Waals surface area contributed by atoms with Gasteiger partial charge in [-0.05, 0) is 87.9 Å². The minimum atomic E-state index is -1.16. The number of rotatable bonds is 8. The van der Waals surface area contributed by atoms with E-state index in [0.29, 0.717) is 37.6 Å². The van der Waals surface area contributed by atoms with Crippen molar-refractivity contribution in [2.45, 2.75) is 51.2 Å². The Kier molecular flexibility index (Phi) is 8.29. The molecule has 0 bridgehead atoms. The molecule has 194 valence electrons. The fourth-order valence-corrected chi connectivity index (χ4v) is 5.25. The van der Waals surface area contributed by atoms with E-state index in [0.717, 1.165) is 49.2 Å². The zero-order valence-electron chi connectivity index (χ0n) is 21.5. The van der Waals surface area contributed by atoms with Crippen LogP contribution in [0.25, 0.3) is 11.1 Å². The molecule has 2 aromatic carbocycles. The lowest BCUT2D eigenvalue weighted by Gasteiger charge is -2.34. The number of amides is 1. The van der Waals surface area contributed by atoms with E-state index in [1.807, 2.05) is 48.5 Å². The average molecular weight is 497 g/mol. The SMILES string of the molecule is COC(=O)C1CCCN1C(=O)c1ccccc1-c1ccc(OCC2CCN(CC(C)(C)F)CC2)cc1. The lowest BCUT2D eigenvalue weighted by atomic mass is 9.96. The molecule has 2 fully saturated rings. The van der Waals surface area contributed by atoms with Crippen LogP contribution in [0.5, 0.6) is 5.75 Å². The third-order valence-corrected chi connectivity index (χ3v) is 7.10. The van der Waals surface area contributed by atoms with Gasteiger partial charge >= 0.3 is 5.97 Å². The summed E-state index contributed by atoms with van der Waals surface area (Å²) in [5.41, 5.74) is 1.16. The summed E-state index contributed by atoms with van der Waals surface area (Å²) in [4.78, 5) is 29.4. The quantitative estimate of drug-likeness (QED) is 0.483. The van der Waals surface area contributed by atoms with Gasteiger partial charge in [0.25, 0.3) is 5.91 Å². The normalized spacial score (nSPS) is 19.3. The highest BCUT2D eigenvalue weighted by Gasteiger charge is 2.36. The Morgan fingerprint density at radius 3 is 2.36 bits per heavy atom. The van der Waals surface area contributed by atoms with E-state index in [2.05, 4.69) is 4.90 Å². The molecule has 7 heteroatoms. The molecule has 1 unspecified atom stereocenters. The van der Waals surface area contributed by atoms with Crippen molar-refractivity contribution in [1.82, 2.24) is 9.80 Å². The first kappa shape index (κ1) is 26.1. The second-order valence-electron chi connectivity index (χ2n) is 10.5. The number of likely N-dealkylation sites (tertiary alicyclic amines) is 2. The van der Waals surface area contributed by atoms with Crippen molar-refractivity contribution >= 4 is 11.9 Å². The van der Waals surface area contributed by atoms with E-state index >= 15 is 0 Å². The van der Waals surface area contributed by atoms with Gasteiger partial charge < -0.3 is 19.3 Å². The highest BCUT2D eigenvalue weighted by molar-refractivity contribution is 6.02. The summed E-state index contributed by atoms with van der Waals surface area (Å²) in [5, 5.41) is 0. The molecule has 6 nitrogen and oxygen atoms in total. The van der Waals surface area contributed by atoms with E-state index in [1.165, 1.54) is 7.11 Å². The van der Waals surface area contributed by atoms with Crippen LogP contribution in [-0.4, -0.2) is 73.3 Å². The minimum Gasteiger partial charge on any atom is -0.493 e. The smallest absolute Gasteiger partial charge is 0.328 e. The molecule has 1 amide bonds. The number of esters is 1. The third kappa shape index (κ3) is 6.44. The van der Waals surface area contributed by atoms with Crippen molar-refractivity contribution in [3.63, 3.8) is 0 Å². The van der Waals surface area contributed by atoms with Crippen LogP contribution in [-0.2, 0) is 9.53 Å². The lowest BCUT2D eigenvalue weighted by Crippen LogP contribution is -2.41. The molecule has 1 atom stereocenters. The van der Waals surface area contributed by atoms with Gasteiger partial charge in [-0.3, -0.25) is 4.79 Å². The number of halogens is 1. The fourth-order valence-electron chi connectivity index (χ4n) is 5.25. The highest BCUT2D eigenvalue weighted by Crippen LogP contribution is 2.30. The van der Waals surface area contributed by atoms with E-state index in [4.69, 9.17) is 9.47 Å². The van der Waals surface area contributed by atoms with Gasteiger partial charge in [0.05, 0.1) is 13.7 Å². The standard InChI is InChI=1S/C29H37FN2O4/c1-29(2,30)20-31-17-14-21(15-18-31)19-36-23-12-10-22(11-13-23)24-7-4-5-8-25(24)27(33)32-16-6-9-26(32)28(34)35-3/h4-5,7-8,10-13,21,26H,6,9,14-20H2,1-3H3. The monoisotopic (exact) mass is 496 g/mol. The van der Waals surface area contributed by atoms with Crippen LogP contribution < -0.4 is 4.74 Å². The van der Waals surface area contributed by atoms with Crippen LogP contribution in [0.1, 0.15) is 49.9 Å². The third-order valence-electron chi connectivity index (χ3n) is 7.10. The number of benzene rings is 2. The van der Waals surface area contributed by atoms with Crippen molar-refractivity contribution in [2.75, 3.05) is 39.9 Å². The van der Waals surface area contributed by atoms with E-state index in [-0.39, 0.29) is 11.9 Å². The van der Waals surface area contributed by atoms with Crippen LogP contribution in [0, 0.1) is 5.92 Å². The number of hydrogen-bond acceptors (Lipinski definition) is 5. The van der Waals surface area contributed by atoms with Gasteiger partial charge in [0.1, 0.15) is 17.5 Å². The second-order valence-corrected chi connectivity index (χ2v) is 10.5. The maximum absolute atomic E-state index is 13.9. The summed E-state index contributed by atoms with van der Waals surface area (Å²) in [6.07, 6.45) is 3.42. The molecule has 0 aromatic heterocycles. The number of nitrogens with zero attached hydrogens (tertiary/aromatic N) is 2. The van der Waals surface area contributed by atoms with Gasteiger partial charge in [0.15, 0.2) is 0 Å².